The van der Waals surface area contributed by atoms with Gasteiger partial charge < -0.3 is 4.42 Å². The van der Waals surface area contributed by atoms with Crippen molar-refractivity contribution in [1.82, 2.24) is 4.90 Å². The lowest BCUT2D eigenvalue weighted by molar-refractivity contribution is 0.0626. The summed E-state index contributed by atoms with van der Waals surface area (Å²) in [4.78, 5) is 24.5. The molecule has 4 nitrogen and oxygen atoms in total. The van der Waals surface area contributed by atoms with Crippen molar-refractivity contribution in [3.05, 3.63) is 22.9 Å². The molecular formula is C10H8FNO3. The summed E-state index contributed by atoms with van der Waals surface area (Å²) in [6, 6.07) is -0.0488. The van der Waals surface area contributed by atoms with E-state index in [1.54, 1.807) is 0 Å². The number of amides is 2. The third-order valence-electron chi connectivity index (χ3n) is 2.77. The molecule has 1 aromatic rings. The minimum Gasteiger partial charge on any atom is -0.452 e. The lowest BCUT2D eigenvalue weighted by atomic mass is 10.2. The Hall–Kier alpha value is -1.65. The molecule has 15 heavy (non-hydrogen) atoms. The molecule has 78 valence electrons. The topological polar surface area (TPSA) is 50.5 Å². The van der Waals surface area contributed by atoms with Crippen LogP contribution in [0.25, 0.3) is 0 Å². The van der Waals surface area contributed by atoms with Crippen LogP contribution in [-0.4, -0.2) is 22.8 Å². The van der Waals surface area contributed by atoms with Gasteiger partial charge in [0.05, 0.1) is 0 Å². The molecule has 2 amide bonds. The fraction of sp³-hybridized carbons (Fsp3) is 0.400. The van der Waals surface area contributed by atoms with Crippen molar-refractivity contribution < 1.29 is 18.4 Å². The fourth-order valence-electron chi connectivity index (χ4n) is 1.85. The van der Waals surface area contributed by atoms with Gasteiger partial charge in [0, 0.05) is 6.04 Å². The maximum Gasteiger partial charge on any atom is 0.297 e. The number of nitrogens with zero attached hydrogens (tertiary/aromatic N) is 1. The number of imide groups is 1. The predicted molar refractivity (Wildman–Crippen MR) is 46.9 cm³/mol. The molecule has 1 aliphatic carbocycles. The second kappa shape index (κ2) is 2.48. The molecule has 0 unspecified atom stereocenters. The second-order valence-corrected chi connectivity index (χ2v) is 3.89. The van der Waals surface area contributed by atoms with Gasteiger partial charge in [0.1, 0.15) is 11.3 Å². The lowest BCUT2D eigenvalue weighted by Gasteiger charge is -2.11. The van der Waals surface area contributed by atoms with E-state index in [0.29, 0.717) is 0 Å². The van der Waals surface area contributed by atoms with Crippen molar-refractivity contribution in [3.8, 4) is 0 Å². The molecule has 0 radical (unpaired) electrons. The van der Waals surface area contributed by atoms with Crippen LogP contribution in [0.15, 0.2) is 4.42 Å². The summed E-state index contributed by atoms with van der Waals surface area (Å²) in [7, 11) is 0. The minimum absolute atomic E-state index is 0.00264. The summed E-state index contributed by atoms with van der Waals surface area (Å²) < 4.78 is 18.4. The first-order chi connectivity index (χ1) is 7.11. The standard InChI is InChI=1S/C10H8FNO3/c1-4-7(11)6-8(15-4)10(14)12(9(6)13)5-2-3-5/h5H,2-3H2,1H3. The van der Waals surface area contributed by atoms with Crippen LogP contribution in [0.4, 0.5) is 4.39 Å². The van der Waals surface area contributed by atoms with Crippen LogP contribution in [0.2, 0.25) is 0 Å². The molecule has 3 rings (SSSR count). The summed E-state index contributed by atoms with van der Waals surface area (Å²) in [5, 5.41) is 0. The van der Waals surface area contributed by atoms with Crippen LogP contribution in [0, 0.1) is 12.7 Å². The van der Waals surface area contributed by atoms with Crippen LogP contribution < -0.4 is 0 Å². The highest BCUT2D eigenvalue weighted by Gasteiger charge is 2.48. The zero-order chi connectivity index (χ0) is 10.7. The molecule has 2 heterocycles. The van der Waals surface area contributed by atoms with Crippen molar-refractivity contribution in [3.63, 3.8) is 0 Å². The van der Waals surface area contributed by atoms with Gasteiger partial charge in [-0.15, -0.1) is 0 Å². The highest BCUT2D eigenvalue weighted by atomic mass is 19.1. The lowest BCUT2D eigenvalue weighted by Crippen LogP contribution is -2.32. The second-order valence-electron chi connectivity index (χ2n) is 3.89. The third-order valence-corrected chi connectivity index (χ3v) is 2.77. The van der Waals surface area contributed by atoms with Crippen LogP contribution >= 0.6 is 0 Å². The van der Waals surface area contributed by atoms with Gasteiger partial charge in [-0.2, -0.15) is 0 Å². The molecule has 0 spiro atoms. The molecule has 0 aromatic carbocycles. The van der Waals surface area contributed by atoms with Crippen molar-refractivity contribution in [1.29, 1.82) is 0 Å². The van der Waals surface area contributed by atoms with Crippen molar-refractivity contribution in [2.24, 2.45) is 0 Å². The quantitative estimate of drug-likeness (QED) is 0.658. The zero-order valence-electron chi connectivity index (χ0n) is 8.04. The smallest absolute Gasteiger partial charge is 0.297 e. The van der Waals surface area contributed by atoms with E-state index in [4.69, 9.17) is 4.42 Å². The van der Waals surface area contributed by atoms with E-state index < -0.39 is 17.6 Å². The molecular weight excluding hydrogens is 201 g/mol. The summed E-state index contributed by atoms with van der Waals surface area (Å²) >= 11 is 0. The van der Waals surface area contributed by atoms with Gasteiger partial charge in [-0.25, -0.2) is 4.39 Å². The van der Waals surface area contributed by atoms with Gasteiger partial charge in [-0.1, -0.05) is 0 Å². The number of aryl methyl sites for hydroxylation is 1. The molecule has 5 heteroatoms. The Morgan fingerprint density at radius 2 is 2.00 bits per heavy atom. The highest BCUT2D eigenvalue weighted by molar-refractivity contribution is 6.20. The molecule has 0 N–H and O–H groups in total. The van der Waals surface area contributed by atoms with Crippen molar-refractivity contribution in [2.75, 3.05) is 0 Å². The average molecular weight is 209 g/mol. The Morgan fingerprint density at radius 1 is 1.33 bits per heavy atom. The first-order valence-corrected chi connectivity index (χ1v) is 4.78. The number of hydrogen-bond donors (Lipinski definition) is 0. The Bertz CT molecular complexity index is 487. The van der Waals surface area contributed by atoms with Gasteiger partial charge in [0.15, 0.2) is 5.82 Å². The molecule has 0 bridgehead atoms. The molecule has 1 fully saturated rings. The van der Waals surface area contributed by atoms with Crippen LogP contribution in [0.5, 0.6) is 0 Å². The molecule has 0 atom stereocenters. The van der Waals surface area contributed by atoms with Crippen molar-refractivity contribution in [2.45, 2.75) is 25.8 Å². The summed E-state index contributed by atoms with van der Waals surface area (Å²) in [6.07, 6.45) is 1.62. The number of halogens is 1. The average Bonchev–Trinajstić information content (AvgIpc) is 2.92. The number of carbonyl (C=O) groups excluding carboxylic acids is 2. The van der Waals surface area contributed by atoms with Crippen LogP contribution in [0.3, 0.4) is 0 Å². The van der Waals surface area contributed by atoms with E-state index in [9.17, 15) is 14.0 Å². The molecule has 0 saturated heterocycles. The molecule has 1 saturated carbocycles. The van der Waals surface area contributed by atoms with Crippen LogP contribution in [0.1, 0.15) is 39.5 Å². The monoisotopic (exact) mass is 209 g/mol. The van der Waals surface area contributed by atoms with Gasteiger partial charge in [-0.3, -0.25) is 14.5 Å². The Balaban J connectivity index is 2.14. The number of rotatable bonds is 1. The van der Waals surface area contributed by atoms with Crippen molar-refractivity contribution >= 4 is 11.8 Å². The number of carbonyl (C=O) groups is 2. The Labute approximate surface area is 84.7 Å². The third kappa shape index (κ3) is 0.948. The van der Waals surface area contributed by atoms with Gasteiger partial charge >= 0.3 is 0 Å². The van der Waals surface area contributed by atoms with E-state index >= 15 is 0 Å². The summed E-state index contributed by atoms with van der Waals surface area (Å²) in [5.74, 6) is -1.89. The number of fused-ring (bicyclic) bond motifs is 1. The number of furan rings is 1. The zero-order valence-corrected chi connectivity index (χ0v) is 8.04. The van der Waals surface area contributed by atoms with E-state index in [1.165, 1.54) is 6.92 Å². The maximum atomic E-state index is 13.5. The first-order valence-electron chi connectivity index (χ1n) is 4.78. The van der Waals surface area contributed by atoms with E-state index in [2.05, 4.69) is 0 Å². The summed E-state index contributed by atoms with van der Waals surface area (Å²) in [6.45, 7) is 1.40. The van der Waals surface area contributed by atoms with Crippen LogP contribution in [-0.2, 0) is 0 Å². The normalized spacial score (nSPS) is 20.0. The predicted octanol–water partition coefficient (Wildman–Crippen LogP) is 1.49. The Morgan fingerprint density at radius 3 is 2.53 bits per heavy atom. The summed E-state index contributed by atoms with van der Waals surface area (Å²) in [5.41, 5.74) is -0.190. The largest absolute Gasteiger partial charge is 0.452 e. The minimum atomic E-state index is -0.702. The fourth-order valence-corrected chi connectivity index (χ4v) is 1.85. The van der Waals surface area contributed by atoms with Gasteiger partial charge in [-0.05, 0) is 19.8 Å². The molecule has 1 aromatic heterocycles. The van der Waals surface area contributed by atoms with Gasteiger partial charge in [0.2, 0.25) is 5.76 Å². The van der Waals surface area contributed by atoms with E-state index in [1.807, 2.05) is 0 Å². The first kappa shape index (κ1) is 8.64. The number of hydrogen-bond acceptors (Lipinski definition) is 3. The highest BCUT2D eigenvalue weighted by Crippen LogP contribution is 2.37. The van der Waals surface area contributed by atoms with E-state index in [-0.39, 0.29) is 23.1 Å². The molecule has 1 aliphatic heterocycles. The SMILES string of the molecule is Cc1oc2c(c1F)C(=O)N(C1CC1)C2=O. The van der Waals surface area contributed by atoms with E-state index in [0.717, 1.165) is 17.7 Å². The molecule has 2 aliphatic rings. The Kier molecular flexibility index (Phi) is 1.43. The van der Waals surface area contributed by atoms with Gasteiger partial charge in [0.25, 0.3) is 11.8 Å². The maximum absolute atomic E-state index is 13.5.